The second-order valence-corrected chi connectivity index (χ2v) is 6.73. The zero-order valence-corrected chi connectivity index (χ0v) is 14.3. The van der Waals surface area contributed by atoms with E-state index in [9.17, 15) is 4.79 Å². The van der Waals surface area contributed by atoms with Crippen LogP contribution in [0.3, 0.4) is 0 Å². The predicted molar refractivity (Wildman–Crippen MR) is 87.2 cm³/mol. The third-order valence-corrected chi connectivity index (χ3v) is 4.60. The second-order valence-electron chi connectivity index (χ2n) is 6.73. The number of esters is 1. The van der Waals surface area contributed by atoms with Crippen LogP contribution in [0.1, 0.15) is 53.0 Å². The summed E-state index contributed by atoms with van der Waals surface area (Å²) in [5, 5.41) is 0. The largest absolute Gasteiger partial charge is 0.494 e. The molecule has 1 saturated heterocycles. The molecule has 2 rings (SSSR count). The smallest absolute Gasteiger partial charge is 0.466 e. The van der Waals surface area contributed by atoms with Gasteiger partial charge >= 0.3 is 13.1 Å². The molecule has 0 radical (unpaired) electrons. The van der Waals surface area contributed by atoms with Crippen molar-refractivity contribution >= 4 is 18.6 Å². The standard InChI is InChI=1S/C17H25BO4/c1-7-20-15(19)12(2)13-8-10-14(11-9-13)18-21-16(3,4)17(5,6)22-18/h8-12H,7H2,1-6H3. The summed E-state index contributed by atoms with van der Waals surface area (Å²) in [4.78, 5) is 11.8. The molecule has 5 heteroatoms. The summed E-state index contributed by atoms with van der Waals surface area (Å²) in [6.07, 6.45) is 0. The lowest BCUT2D eigenvalue weighted by atomic mass is 9.78. The molecule has 0 spiro atoms. The van der Waals surface area contributed by atoms with Gasteiger partial charge in [0.05, 0.1) is 23.7 Å². The maximum absolute atomic E-state index is 11.8. The van der Waals surface area contributed by atoms with Crippen LogP contribution in [0.2, 0.25) is 0 Å². The molecule has 0 aliphatic carbocycles. The molecule has 1 atom stereocenters. The highest BCUT2D eigenvalue weighted by Crippen LogP contribution is 2.36. The first-order chi connectivity index (χ1) is 10.2. The number of carbonyl (C=O) groups is 1. The molecule has 120 valence electrons. The van der Waals surface area contributed by atoms with Gasteiger partial charge in [-0.05, 0) is 52.6 Å². The van der Waals surface area contributed by atoms with Crippen molar-refractivity contribution in [2.24, 2.45) is 0 Å². The molecule has 0 bridgehead atoms. The van der Waals surface area contributed by atoms with Crippen LogP contribution in [-0.2, 0) is 18.8 Å². The van der Waals surface area contributed by atoms with E-state index < -0.39 is 0 Å². The minimum Gasteiger partial charge on any atom is -0.466 e. The van der Waals surface area contributed by atoms with Crippen LogP contribution in [0.15, 0.2) is 24.3 Å². The summed E-state index contributed by atoms with van der Waals surface area (Å²) in [6, 6.07) is 7.77. The zero-order chi connectivity index (χ0) is 16.5. The van der Waals surface area contributed by atoms with Gasteiger partial charge in [0.1, 0.15) is 0 Å². The predicted octanol–water partition coefficient (Wildman–Crippen LogP) is 2.65. The Morgan fingerprint density at radius 1 is 1.14 bits per heavy atom. The van der Waals surface area contributed by atoms with E-state index in [0.717, 1.165) is 11.0 Å². The Morgan fingerprint density at radius 2 is 1.64 bits per heavy atom. The summed E-state index contributed by atoms with van der Waals surface area (Å²) >= 11 is 0. The average Bonchev–Trinajstić information content (AvgIpc) is 2.67. The van der Waals surface area contributed by atoms with Gasteiger partial charge < -0.3 is 14.0 Å². The maximum Gasteiger partial charge on any atom is 0.494 e. The highest BCUT2D eigenvalue weighted by molar-refractivity contribution is 6.62. The first-order valence-electron chi connectivity index (χ1n) is 7.80. The van der Waals surface area contributed by atoms with Crippen molar-refractivity contribution < 1.29 is 18.8 Å². The Morgan fingerprint density at radius 3 is 2.09 bits per heavy atom. The molecule has 1 aliphatic heterocycles. The Bertz CT molecular complexity index is 520. The van der Waals surface area contributed by atoms with E-state index in [1.54, 1.807) is 0 Å². The quantitative estimate of drug-likeness (QED) is 0.634. The summed E-state index contributed by atoms with van der Waals surface area (Å²) in [7, 11) is -0.378. The van der Waals surface area contributed by atoms with Crippen LogP contribution in [0.4, 0.5) is 0 Å². The number of ether oxygens (including phenoxy) is 1. The molecule has 0 saturated carbocycles. The molecule has 1 aromatic rings. The van der Waals surface area contributed by atoms with Crippen LogP contribution >= 0.6 is 0 Å². The van der Waals surface area contributed by atoms with Gasteiger partial charge in [0.15, 0.2) is 0 Å². The minimum absolute atomic E-state index is 0.203. The first kappa shape index (κ1) is 17.0. The molecule has 4 nitrogen and oxygen atoms in total. The number of hydrogen-bond donors (Lipinski definition) is 0. The van der Waals surface area contributed by atoms with Gasteiger partial charge in [0.2, 0.25) is 0 Å². The summed E-state index contributed by atoms with van der Waals surface area (Å²) in [5.41, 5.74) is 1.18. The number of hydrogen-bond acceptors (Lipinski definition) is 4. The van der Waals surface area contributed by atoms with Crippen molar-refractivity contribution in [3.05, 3.63) is 29.8 Å². The molecule has 1 heterocycles. The van der Waals surface area contributed by atoms with Crippen LogP contribution in [0.5, 0.6) is 0 Å². The highest BCUT2D eigenvalue weighted by Gasteiger charge is 2.51. The third kappa shape index (κ3) is 3.20. The molecular weight excluding hydrogens is 279 g/mol. The van der Waals surface area contributed by atoms with Crippen molar-refractivity contribution in [3.8, 4) is 0 Å². The molecule has 1 fully saturated rings. The van der Waals surface area contributed by atoms with Crippen LogP contribution in [0, 0.1) is 0 Å². The van der Waals surface area contributed by atoms with Gasteiger partial charge in [-0.25, -0.2) is 0 Å². The van der Waals surface area contributed by atoms with Gasteiger partial charge in [-0.15, -0.1) is 0 Å². The molecule has 22 heavy (non-hydrogen) atoms. The Labute approximate surface area is 133 Å². The monoisotopic (exact) mass is 304 g/mol. The normalized spacial score (nSPS) is 20.7. The fraction of sp³-hybridized carbons (Fsp3) is 0.588. The lowest BCUT2D eigenvalue weighted by Gasteiger charge is -2.32. The fourth-order valence-corrected chi connectivity index (χ4v) is 2.32. The van der Waals surface area contributed by atoms with E-state index in [-0.39, 0.29) is 30.2 Å². The van der Waals surface area contributed by atoms with Crippen molar-refractivity contribution in [1.29, 1.82) is 0 Å². The van der Waals surface area contributed by atoms with Crippen molar-refractivity contribution in [1.82, 2.24) is 0 Å². The van der Waals surface area contributed by atoms with E-state index in [2.05, 4.69) is 0 Å². The molecular formula is C17H25BO4. The summed E-state index contributed by atoms with van der Waals surface area (Å²) < 4.78 is 17.1. The van der Waals surface area contributed by atoms with E-state index in [0.29, 0.717) is 6.61 Å². The Balaban J connectivity index is 2.12. The maximum atomic E-state index is 11.8. The summed E-state index contributed by atoms with van der Waals surface area (Å²) in [6.45, 7) is 12.2. The zero-order valence-electron chi connectivity index (χ0n) is 14.3. The summed E-state index contributed by atoms with van der Waals surface area (Å²) in [5.74, 6) is -0.474. The molecule has 0 aromatic heterocycles. The fourth-order valence-electron chi connectivity index (χ4n) is 2.32. The molecule has 1 unspecified atom stereocenters. The number of benzene rings is 1. The van der Waals surface area contributed by atoms with Crippen molar-refractivity contribution in [2.75, 3.05) is 6.61 Å². The van der Waals surface area contributed by atoms with Crippen LogP contribution in [-0.4, -0.2) is 30.9 Å². The van der Waals surface area contributed by atoms with Gasteiger partial charge in [-0.1, -0.05) is 24.3 Å². The van der Waals surface area contributed by atoms with Crippen LogP contribution in [0.25, 0.3) is 0 Å². The third-order valence-electron chi connectivity index (χ3n) is 4.60. The molecule has 0 N–H and O–H groups in total. The van der Waals surface area contributed by atoms with Gasteiger partial charge in [-0.3, -0.25) is 4.79 Å². The lowest BCUT2D eigenvalue weighted by Crippen LogP contribution is -2.41. The van der Waals surface area contributed by atoms with E-state index in [1.807, 2.05) is 65.8 Å². The number of carbonyl (C=O) groups excluding carboxylic acids is 1. The average molecular weight is 304 g/mol. The first-order valence-corrected chi connectivity index (χ1v) is 7.80. The van der Waals surface area contributed by atoms with Gasteiger partial charge in [-0.2, -0.15) is 0 Å². The van der Waals surface area contributed by atoms with Gasteiger partial charge in [0, 0.05) is 0 Å². The van der Waals surface area contributed by atoms with E-state index >= 15 is 0 Å². The van der Waals surface area contributed by atoms with E-state index in [1.165, 1.54) is 0 Å². The lowest BCUT2D eigenvalue weighted by molar-refractivity contribution is -0.144. The Hall–Kier alpha value is -1.33. The Kier molecular flexibility index (Phi) is 4.69. The topological polar surface area (TPSA) is 44.8 Å². The molecule has 1 aromatic carbocycles. The van der Waals surface area contributed by atoms with Crippen molar-refractivity contribution in [2.45, 2.75) is 58.7 Å². The van der Waals surface area contributed by atoms with Crippen molar-refractivity contribution in [3.63, 3.8) is 0 Å². The number of rotatable bonds is 4. The van der Waals surface area contributed by atoms with E-state index in [4.69, 9.17) is 14.0 Å². The van der Waals surface area contributed by atoms with Gasteiger partial charge in [0.25, 0.3) is 0 Å². The minimum atomic E-state index is -0.378. The second kappa shape index (κ2) is 6.05. The van der Waals surface area contributed by atoms with Crippen LogP contribution < -0.4 is 5.46 Å². The SMILES string of the molecule is CCOC(=O)C(C)c1ccc(B2OC(C)(C)C(C)(C)O2)cc1. The highest BCUT2D eigenvalue weighted by atomic mass is 16.7. The molecule has 1 aliphatic rings. The molecule has 0 amide bonds.